The Morgan fingerprint density at radius 3 is 2.68 bits per heavy atom. The molecule has 0 radical (unpaired) electrons. The molecule has 2 unspecified atom stereocenters. The summed E-state index contributed by atoms with van der Waals surface area (Å²) in [5, 5.41) is 0. The average molecular weight is 284 g/mol. The minimum absolute atomic E-state index is 0.0674. The topological polar surface area (TPSA) is 81.4 Å². The van der Waals surface area contributed by atoms with Crippen LogP contribution in [0.2, 0.25) is 0 Å². The summed E-state index contributed by atoms with van der Waals surface area (Å²) < 4.78 is 32.5. The van der Waals surface area contributed by atoms with E-state index in [0.717, 1.165) is 6.42 Å². The molecule has 1 aromatic rings. The molecule has 0 spiro atoms. The van der Waals surface area contributed by atoms with Gasteiger partial charge in [0.1, 0.15) is 5.75 Å². The normalized spacial score (nSPS) is 22.3. The number of hydrogen-bond acceptors (Lipinski definition) is 4. The van der Waals surface area contributed by atoms with E-state index in [-0.39, 0.29) is 6.04 Å². The van der Waals surface area contributed by atoms with Crippen molar-refractivity contribution in [3.05, 3.63) is 23.8 Å². The standard InChI is InChI=1S/C13H20N2O3S/c1-9-7-12(9)15-19(16,17)13-4-3-11(18-2)8-10(13)5-6-14/h3-4,8-9,12,15H,5-7,14H2,1-2H3. The Bertz CT molecular complexity index is 557. The van der Waals surface area contributed by atoms with Crippen molar-refractivity contribution in [3.63, 3.8) is 0 Å². The van der Waals surface area contributed by atoms with Gasteiger partial charge in [-0.1, -0.05) is 6.92 Å². The number of rotatable bonds is 6. The molecule has 0 bridgehead atoms. The third kappa shape index (κ3) is 3.26. The molecular weight excluding hydrogens is 264 g/mol. The number of nitrogens with one attached hydrogen (secondary N) is 1. The Balaban J connectivity index is 2.31. The quantitative estimate of drug-likeness (QED) is 0.812. The van der Waals surface area contributed by atoms with E-state index in [9.17, 15) is 8.42 Å². The molecule has 3 N–H and O–H groups in total. The van der Waals surface area contributed by atoms with E-state index in [0.29, 0.717) is 35.1 Å². The fourth-order valence-corrected chi connectivity index (χ4v) is 3.65. The first kappa shape index (κ1) is 14.3. The van der Waals surface area contributed by atoms with Crippen LogP contribution in [0.4, 0.5) is 0 Å². The van der Waals surface area contributed by atoms with Crippen molar-refractivity contribution in [1.29, 1.82) is 0 Å². The van der Waals surface area contributed by atoms with Crippen LogP contribution in [0.5, 0.6) is 5.75 Å². The number of benzene rings is 1. The predicted octanol–water partition coefficient (Wildman–Crippen LogP) is 0.883. The highest BCUT2D eigenvalue weighted by Crippen LogP contribution is 2.31. The molecule has 0 aliphatic heterocycles. The molecular formula is C13H20N2O3S. The Kier molecular flexibility index (Phi) is 4.13. The first-order chi connectivity index (χ1) is 8.97. The monoisotopic (exact) mass is 284 g/mol. The highest BCUT2D eigenvalue weighted by molar-refractivity contribution is 7.89. The second-order valence-corrected chi connectivity index (χ2v) is 6.64. The number of hydrogen-bond donors (Lipinski definition) is 2. The van der Waals surface area contributed by atoms with Crippen LogP contribution in [0.15, 0.2) is 23.1 Å². The summed E-state index contributed by atoms with van der Waals surface area (Å²) in [6.45, 7) is 2.43. The molecule has 0 saturated heterocycles. The zero-order chi connectivity index (χ0) is 14.0. The van der Waals surface area contributed by atoms with Crippen molar-refractivity contribution >= 4 is 10.0 Å². The summed E-state index contributed by atoms with van der Waals surface area (Å²) in [7, 11) is -1.91. The van der Waals surface area contributed by atoms with Crippen LogP contribution in [0, 0.1) is 5.92 Å². The first-order valence-electron chi connectivity index (χ1n) is 6.37. The van der Waals surface area contributed by atoms with E-state index < -0.39 is 10.0 Å². The highest BCUT2D eigenvalue weighted by atomic mass is 32.2. The molecule has 1 aliphatic carbocycles. The molecule has 1 saturated carbocycles. The number of methoxy groups -OCH3 is 1. The van der Waals surface area contributed by atoms with Crippen LogP contribution in [0.1, 0.15) is 18.9 Å². The molecule has 5 nitrogen and oxygen atoms in total. The van der Waals surface area contributed by atoms with Crippen molar-refractivity contribution in [2.24, 2.45) is 11.7 Å². The van der Waals surface area contributed by atoms with Crippen molar-refractivity contribution in [2.75, 3.05) is 13.7 Å². The van der Waals surface area contributed by atoms with Gasteiger partial charge in [0.2, 0.25) is 10.0 Å². The summed E-state index contributed by atoms with van der Waals surface area (Å²) in [6, 6.07) is 5.04. The molecule has 0 aromatic heterocycles. The molecule has 2 atom stereocenters. The van der Waals surface area contributed by atoms with Crippen LogP contribution in [-0.4, -0.2) is 28.1 Å². The third-order valence-corrected chi connectivity index (χ3v) is 4.98. The SMILES string of the molecule is COc1ccc(S(=O)(=O)NC2CC2C)c(CCN)c1. The van der Waals surface area contributed by atoms with E-state index in [4.69, 9.17) is 10.5 Å². The second-order valence-electron chi connectivity index (χ2n) is 4.95. The fraction of sp³-hybridized carbons (Fsp3) is 0.538. The fourth-order valence-electron chi connectivity index (χ4n) is 2.04. The third-order valence-electron chi connectivity index (χ3n) is 3.39. The maximum absolute atomic E-state index is 12.3. The zero-order valence-electron chi connectivity index (χ0n) is 11.2. The summed E-state index contributed by atoms with van der Waals surface area (Å²) in [6.07, 6.45) is 1.41. The van der Waals surface area contributed by atoms with Gasteiger partial charge in [-0.15, -0.1) is 0 Å². The molecule has 6 heteroatoms. The van der Waals surface area contributed by atoms with Gasteiger partial charge < -0.3 is 10.5 Å². The van der Waals surface area contributed by atoms with Gasteiger partial charge >= 0.3 is 0 Å². The van der Waals surface area contributed by atoms with Gasteiger partial charge in [0.05, 0.1) is 12.0 Å². The Hall–Kier alpha value is -1.11. The Morgan fingerprint density at radius 1 is 1.47 bits per heavy atom. The van der Waals surface area contributed by atoms with E-state index in [1.54, 1.807) is 25.3 Å². The molecule has 1 fully saturated rings. The summed E-state index contributed by atoms with van der Waals surface area (Å²) in [4.78, 5) is 0.304. The molecule has 1 aliphatic rings. The summed E-state index contributed by atoms with van der Waals surface area (Å²) in [5.74, 6) is 1.06. The molecule has 106 valence electrons. The molecule has 1 aromatic carbocycles. The lowest BCUT2D eigenvalue weighted by Crippen LogP contribution is -2.28. The van der Waals surface area contributed by atoms with Gasteiger partial charge in [-0.2, -0.15) is 0 Å². The molecule has 0 amide bonds. The lowest BCUT2D eigenvalue weighted by atomic mass is 10.1. The number of nitrogens with two attached hydrogens (primary N) is 1. The van der Waals surface area contributed by atoms with E-state index >= 15 is 0 Å². The van der Waals surface area contributed by atoms with Crippen molar-refractivity contribution in [1.82, 2.24) is 4.72 Å². The summed E-state index contributed by atoms with van der Waals surface area (Å²) >= 11 is 0. The molecule has 2 rings (SSSR count). The minimum atomic E-state index is -3.47. The minimum Gasteiger partial charge on any atom is -0.497 e. The maximum Gasteiger partial charge on any atom is 0.241 e. The predicted molar refractivity (Wildman–Crippen MR) is 73.6 cm³/mol. The van der Waals surface area contributed by atoms with Gasteiger partial charge in [0.25, 0.3) is 0 Å². The first-order valence-corrected chi connectivity index (χ1v) is 7.85. The van der Waals surface area contributed by atoms with Crippen LogP contribution in [0.25, 0.3) is 0 Å². The lowest BCUT2D eigenvalue weighted by molar-refractivity contribution is 0.413. The van der Waals surface area contributed by atoms with Gasteiger partial charge in [-0.05, 0) is 49.1 Å². The smallest absolute Gasteiger partial charge is 0.241 e. The van der Waals surface area contributed by atoms with Crippen molar-refractivity contribution in [3.8, 4) is 5.75 Å². The highest BCUT2D eigenvalue weighted by Gasteiger charge is 2.36. The number of ether oxygens (including phenoxy) is 1. The van der Waals surface area contributed by atoms with Crippen LogP contribution >= 0.6 is 0 Å². The van der Waals surface area contributed by atoms with E-state index in [2.05, 4.69) is 4.72 Å². The van der Waals surface area contributed by atoms with Gasteiger partial charge in [-0.25, -0.2) is 13.1 Å². The lowest BCUT2D eigenvalue weighted by Gasteiger charge is -2.12. The molecule has 19 heavy (non-hydrogen) atoms. The van der Waals surface area contributed by atoms with Crippen LogP contribution in [-0.2, 0) is 16.4 Å². The van der Waals surface area contributed by atoms with Gasteiger partial charge in [-0.3, -0.25) is 0 Å². The van der Waals surface area contributed by atoms with Crippen molar-refractivity contribution in [2.45, 2.75) is 30.7 Å². The van der Waals surface area contributed by atoms with E-state index in [1.807, 2.05) is 6.92 Å². The Labute approximate surface area is 114 Å². The van der Waals surface area contributed by atoms with Gasteiger partial charge in [0, 0.05) is 6.04 Å². The van der Waals surface area contributed by atoms with Crippen molar-refractivity contribution < 1.29 is 13.2 Å². The average Bonchev–Trinajstić information content (AvgIpc) is 3.04. The maximum atomic E-state index is 12.3. The number of sulfonamides is 1. The largest absolute Gasteiger partial charge is 0.497 e. The molecule has 0 heterocycles. The second kappa shape index (κ2) is 5.48. The van der Waals surface area contributed by atoms with Crippen LogP contribution < -0.4 is 15.2 Å². The summed E-state index contributed by atoms with van der Waals surface area (Å²) in [5.41, 5.74) is 6.24. The zero-order valence-corrected chi connectivity index (χ0v) is 12.0. The van der Waals surface area contributed by atoms with E-state index in [1.165, 1.54) is 0 Å². The van der Waals surface area contributed by atoms with Crippen LogP contribution in [0.3, 0.4) is 0 Å². The van der Waals surface area contributed by atoms with Gasteiger partial charge in [0.15, 0.2) is 0 Å². The Morgan fingerprint density at radius 2 is 2.16 bits per heavy atom.